The number of thiophene rings is 1. The summed E-state index contributed by atoms with van der Waals surface area (Å²) >= 11 is 1.77. The molecule has 0 radical (unpaired) electrons. The number of oxazole rings is 1. The Hall–Kier alpha value is -2.54. The van der Waals surface area contributed by atoms with Gasteiger partial charge in [0.1, 0.15) is 18.1 Å². The third kappa shape index (κ3) is 5.49. The van der Waals surface area contributed by atoms with Crippen molar-refractivity contribution in [2.24, 2.45) is 4.99 Å². The van der Waals surface area contributed by atoms with Crippen LogP contribution < -0.4 is 10.6 Å². The number of nitrogens with zero attached hydrogens (tertiary/aromatic N) is 2. The first-order valence-electron chi connectivity index (χ1n) is 8.70. The number of aryl methyl sites for hydroxylation is 2. The summed E-state index contributed by atoms with van der Waals surface area (Å²) in [5.74, 6) is 3.18. The van der Waals surface area contributed by atoms with Gasteiger partial charge in [-0.15, -0.1) is 11.3 Å². The normalized spacial score (nSPS) is 11.7. The summed E-state index contributed by atoms with van der Waals surface area (Å²) in [7, 11) is 0. The van der Waals surface area contributed by atoms with E-state index in [2.05, 4.69) is 38.1 Å². The molecule has 0 saturated heterocycles. The molecule has 0 aliphatic rings. The number of furan rings is 1. The van der Waals surface area contributed by atoms with Crippen LogP contribution in [0.25, 0.3) is 0 Å². The maximum absolute atomic E-state index is 5.60. The van der Waals surface area contributed by atoms with Crippen molar-refractivity contribution in [1.29, 1.82) is 0 Å². The van der Waals surface area contributed by atoms with Crippen LogP contribution in [0.4, 0.5) is 0 Å². The van der Waals surface area contributed by atoms with Gasteiger partial charge in [0.05, 0.1) is 12.0 Å². The fourth-order valence-corrected chi connectivity index (χ4v) is 3.15. The van der Waals surface area contributed by atoms with Crippen LogP contribution in [0.5, 0.6) is 0 Å². The predicted molar refractivity (Wildman–Crippen MR) is 104 cm³/mol. The highest BCUT2D eigenvalue weighted by Gasteiger charge is 2.06. The minimum Gasteiger partial charge on any atom is -0.469 e. The molecule has 0 atom stereocenters. The topological polar surface area (TPSA) is 75.6 Å². The van der Waals surface area contributed by atoms with Crippen LogP contribution in [0.3, 0.4) is 0 Å². The zero-order valence-electron chi connectivity index (χ0n) is 15.1. The molecule has 3 aromatic rings. The van der Waals surface area contributed by atoms with E-state index in [1.54, 1.807) is 17.6 Å². The molecule has 7 heteroatoms. The van der Waals surface area contributed by atoms with E-state index >= 15 is 0 Å². The molecule has 6 nitrogen and oxygen atoms in total. The summed E-state index contributed by atoms with van der Waals surface area (Å²) in [5, 5.41) is 8.81. The maximum Gasteiger partial charge on any atom is 0.216 e. The Labute approximate surface area is 157 Å². The summed E-state index contributed by atoms with van der Waals surface area (Å²) < 4.78 is 11.0. The Kier molecular flexibility index (Phi) is 6.49. The third-order valence-electron chi connectivity index (χ3n) is 3.93. The average Bonchev–Trinajstić information content (AvgIpc) is 3.36. The summed E-state index contributed by atoms with van der Waals surface area (Å²) in [6.07, 6.45) is 3.46. The lowest BCUT2D eigenvalue weighted by molar-refractivity contribution is 0.472. The maximum atomic E-state index is 5.60. The number of guanidine groups is 1. The minimum absolute atomic E-state index is 0.407. The van der Waals surface area contributed by atoms with Crippen LogP contribution >= 0.6 is 11.3 Å². The van der Waals surface area contributed by atoms with Gasteiger partial charge in [-0.05, 0) is 43.8 Å². The Balaban J connectivity index is 1.54. The second-order valence-corrected chi connectivity index (χ2v) is 6.96. The highest BCUT2D eigenvalue weighted by Crippen LogP contribution is 2.09. The van der Waals surface area contributed by atoms with Crippen molar-refractivity contribution in [2.45, 2.75) is 33.2 Å². The Morgan fingerprint density at radius 2 is 2.00 bits per heavy atom. The molecular weight excluding hydrogens is 348 g/mol. The van der Waals surface area contributed by atoms with Gasteiger partial charge in [-0.25, -0.2) is 9.98 Å². The number of aliphatic imine (C=N–C) groups is 1. The van der Waals surface area contributed by atoms with E-state index in [1.807, 2.05) is 26.0 Å². The Morgan fingerprint density at radius 1 is 1.15 bits per heavy atom. The van der Waals surface area contributed by atoms with Crippen LogP contribution in [0, 0.1) is 13.8 Å². The largest absolute Gasteiger partial charge is 0.469 e. The second kappa shape index (κ2) is 9.24. The van der Waals surface area contributed by atoms with Crippen molar-refractivity contribution >= 4 is 17.3 Å². The molecule has 0 unspecified atom stereocenters. The van der Waals surface area contributed by atoms with Crippen LogP contribution in [0.2, 0.25) is 0 Å². The molecule has 0 bridgehead atoms. The Bertz CT molecular complexity index is 745. The van der Waals surface area contributed by atoms with Crippen LogP contribution in [-0.2, 0) is 19.4 Å². The molecule has 3 aromatic heterocycles. The lowest BCUT2D eigenvalue weighted by Crippen LogP contribution is -2.39. The zero-order chi connectivity index (χ0) is 18.2. The molecule has 0 aliphatic carbocycles. The first-order chi connectivity index (χ1) is 12.7. The lowest BCUT2D eigenvalue weighted by atomic mass is 10.3. The molecule has 0 aliphatic heterocycles. The summed E-state index contributed by atoms with van der Waals surface area (Å²) in [4.78, 5) is 10.3. The van der Waals surface area contributed by atoms with Crippen LogP contribution in [0.15, 0.2) is 49.7 Å². The van der Waals surface area contributed by atoms with E-state index in [1.165, 1.54) is 4.88 Å². The molecular formula is C19H24N4O2S. The highest BCUT2D eigenvalue weighted by molar-refractivity contribution is 7.09. The van der Waals surface area contributed by atoms with Crippen LogP contribution in [-0.4, -0.2) is 24.0 Å². The van der Waals surface area contributed by atoms with Crippen molar-refractivity contribution in [3.63, 3.8) is 0 Å². The summed E-state index contributed by atoms with van der Waals surface area (Å²) in [6.45, 7) is 5.81. The fraction of sp³-hybridized carbons (Fsp3) is 0.368. The second-order valence-electron chi connectivity index (χ2n) is 5.93. The monoisotopic (exact) mass is 372 g/mol. The molecule has 0 spiro atoms. The standard InChI is InChI=1S/C19H24N4O2S/c1-14-15(2)25-18(23-14)13-22-19(20-9-7-16-5-3-11-24-16)21-10-8-17-6-4-12-26-17/h3-6,11-12H,7-10,13H2,1-2H3,(H2,20,21,22). The number of hydrogen-bond acceptors (Lipinski definition) is 5. The molecule has 3 heterocycles. The number of rotatable bonds is 8. The number of aromatic nitrogens is 1. The predicted octanol–water partition coefficient (Wildman–Crippen LogP) is 3.47. The minimum atomic E-state index is 0.407. The van der Waals surface area contributed by atoms with Gasteiger partial charge in [-0.1, -0.05) is 6.07 Å². The van der Waals surface area contributed by atoms with Gasteiger partial charge in [0.25, 0.3) is 0 Å². The molecule has 0 fully saturated rings. The van der Waals surface area contributed by atoms with Gasteiger partial charge in [0.2, 0.25) is 5.89 Å². The zero-order valence-corrected chi connectivity index (χ0v) is 15.9. The van der Waals surface area contributed by atoms with Crippen molar-refractivity contribution < 1.29 is 8.83 Å². The van der Waals surface area contributed by atoms with Gasteiger partial charge < -0.3 is 19.5 Å². The van der Waals surface area contributed by atoms with Gasteiger partial charge in [-0.3, -0.25) is 0 Å². The highest BCUT2D eigenvalue weighted by atomic mass is 32.1. The Morgan fingerprint density at radius 3 is 2.65 bits per heavy atom. The summed E-state index contributed by atoms with van der Waals surface area (Å²) in [6, 6.07) is 8.09. The summed E-state index contributed by atoms with van der Waals surface area (Å²) in [5.41, 5.74) is 0.910. The van der Waals surface area contributed by atoms with Crippen LogP contribution in [0.1, 0.15) is 28.0 Å². The van der Waals surface area contributed by atoms with Crippen molar-refractivity contribution in [3.05, 3.63) is 63.9 Å². The first-order valence-corrected chi connectivity index (χ1v) is 9.58. The van der Waals surface area contributed by atoms with Crippen molar-refractivity contribution in [1.82, 2.24) is 15.6 Å². The molecule has 0 amide bonds. The SMILES string of the molecule is Cc1nc(CN=C(NCCc2ccco2)NCCc2cccs2)oc1C. The average molecular weight is 372 g/mol. The van der Waals surface area contributed by atoms with Gasteiger partial charge >= 0.3 is 0 Å². The van der Waals surface area contributed by atoms with E-state index < -0.39 is 0 Å². The molecule has 0 aromatic carbocycles. The molecule has 0 saturated carbocycles. The van der Waals surface area contributed by atoms with E-state index in [4.69, 9.17) is 8.83 Å². The first kappa shape index (κ1) is 18.3. The van der Waals surface area contributed by atoms with Crippen molar-refractivity contribution in [3.8, 4) is 0 Å². The fourth-order valence-electron chi connectivity index (χ4n) is 2.45. The van der Waals surface area contributed by atoms with Crippen molar-refractivity contribution in [2.75, 3.05) is 13.1 Å². The van der Waals surface area contributed by atoms with Gasteiger partial charge in [0.15, 0.2) is 5.96 Å². The van der Waals surface area contributed by atoms with Gasteiger partial charge in [0, 0.05) is 24.4 Å². The molecule has 138 valence electrons. The van der Waals surface area contributed by atoms with E-state index in [0.717, 1.165) is 49.1 Å². The molecule has 26 heavy (non-hydrogen) atoms. The number of hydrogen-bond donors (Lipinski definition) is 2. The molecule has 3 rings (SSSR count). The third-order valence-corrected chi connectivity index (χ3v) is 4.87. The van der Waals surface area contributed by atoms with E-state index in [9.17, 15) is 0 Å². The lowest BCUT2D eigenvalue weighted by Gasteiger charge is -2.11. The van der Waals surface area contributed by atoms with E-state index in [-0.39, 0.29) is 0 Å². The quantitative estimate of drug-likeness (QED) is 0.468. The molecule has 2 N–H and O–H groups in total. The van der Waals surface area contributed by atoms with E-state index in [0.29, 0.717) is 12.4 Å². The van der Waals surface area contributed by atoms with Gasteiger partial charge in [-0.2, -0.15) is 0 Å². The smallest absolute Gasteiger partial charge is 0.216 e. The number of nitrogens with one attached hydrogen (secondary N) is 2.